The Morgan fingerprint density at radius 2 is 1.88 bits per heavy atom. The summed E-state index contributed by atoms with van der Waals surface area (Å²) in [6, 6.07) is 12.3. The summed E-state index contributed by atoms with van der Waals surface area (Å²) in [6.45, 7) is 1.94. The maximum absolute atomic E-state index is 11.5. The number of hydrogen-bond acceptors (Lipinski definition) is 7. The predicted octanol–water partition coefficient (Wildman–Crippen LogP) is 4.11. The average molecular weight is 370 g/mol. The van der Waals surface area contributed by atoms with E-state index in [2.05, 4.69) is 30.6 Å². The fraction of sp³-hybridized carbons (Fsp3) is 0.111. The second kappa shape index (κ2) is 7.79. The lowest BCUT2D eigenvalue weighted by atomic mass is 10.2. The van der Waals surface area contributed by atoms with E-state index in [4.69, 9.17) is 11.6 Å². The Bertz CT molecular complexity index is 931. The number of nitrogens with one attached hydrogen (secondary N) is 2. The second-order valence-corrected chi connectivity index (χ2v) is 5.88. The van der Waals surface area contributed by atoms with Crippen molar-refractivity contribution in [2.24, 2.45) is 0 Å². The summed E-state index contributed by atoms with van der Waals surface area (Å²) in [6.07, 6.45) is 1.51. The highest BCUT2D eigenvalue weighted by atomic mass is 35.5. The fourth-order valence-corrected chi connectivity index (χ4v) is 2.49. The van der Waals surface area contributed by atoms with E-state index in [1.807, 2.05) is 19.1 Å². The molecule has 0 aliphatic heterocycles. The topological polar surface area (TPSA) is 89.0 Å². The summed E-state index contributed by atoms with van der Waals surface area (Å²) in [5.74, 6) is 0.483. The molecule has 3 rings (SSSR count). The normalized spacial score (nSPS) is 10.3. The molecule has 7 nitrogen and oxygen atoms in total. The van der Waals surface area contributed by atoms with Gasteiger partial charge < -0.3 is 15.4 Å². The molecular formula is C18H16ClN5O2. The smallest absolute Gasteiger partial charge is 0.337 e. The molecule has 3 aromatic rings. The zero-order chi connectivity index (χ0) is 18.5. The van der Waals surface area contributed by atoms with Crippen molar-refractivity contribution in [2.45, 2.75) is 6.92 Å². The summed E-state index contributed by atoms with van der Waals surface area (Å²) < 4.78 is 4.68. The molecule has 1 heterocycles. The number of nitrogens with zero attached hydrogens (tertiary/aromatic N) is 3. The number of aryl methyl sites for hydroxylation is 1. The van der Waals surface area contributed by atoms with E-state index in [9.17, 15) is 4.79 Å². The van der Waals surface area contributed by atoms with E-state index in [1.165, 1.54) is 13.3 Å². The highest BCUT2D eigenvalue weighted by Gasteiger charge is 2.07. The van der Waals surface area contributed by atoms with Crippen molar-refractivity contribution >= 4 is 40.7 Å². The van der Waals surface area contributed by atoms with Gasteiger partial charge in [0.25, 0.3) is 0 Å². The van der Waals surface area contributed by atoms with Gasteiger partial charge in [0.15, 0.2) is 5.82 Å². The number of aromatic nitrogens is 3. The van der Waals surface area contributed by atoms with Crippen LogP contribution in [-0.2, 0) is 4.74 Å². The van der Waals surface area contributed by atoms with Crippen LogP contribution in [0.25, 0.3) is 0 Å². The summed E-state index contributed by atoms with van der Waals surface area (Å²) in [7, 11) is 1.35. The number of esters is 1. The molecule has 1 aromatic heterocycles. The van der Waals surface area contributed by atoms with Gasteiger partial charge in [-0.1, -0.05) is 11.6 Å². The molecule has 0 atom stereocenters. The molecule has 0 bridgehead atoms. The quantitative estimate of drug-likeness (QED) is 0.654. The first-order chi connectivity index (χ1) is 12.5. The number of carbonyl (C=O) groups is 1. The van der Waals surface area contributed by atoms with E-state index >= 15 is 0 Å². The van der Waals surface area contributed by atoms with Crippen LogP contribution in [0.2, 0.25) is 5.02 Å². The van der Waals surface area contributed by atoms with Gasteiger partial charge in [0, 0.05) is 16.4 Å². The van der Waals surface area contributed by atoms with Crippen LogP contribution in [0.1, 0.15) is 15.9 Å². The maximum Gasteiger partial charge on any atom is 0.337 e. The molecular weight excluding hydrogens is 354 g/mol. The van der Waals surface area contributed by atoms with Crippen molar-refractivity contribution in [3.8, 4) is 0 Å². The minimum absolute atomic E-state index is 0.353. The molecule has 0 unspecified atom stereocenters. The molecule has 132 valence electrons. The third kappa shape index (κ3) is 4.25. The number of benzene rings is 2. The Hall–Kier alpha value is -3.19. The van der Waals surface area contributed by atoms with Crippen LogP contribution in [0, 0.1) is 6.92 Å². The first-order valence-corrected chi connectivity index (χ1v) is 8.11. The van der Waals surface area contributed by atoms with Crippen LogP contribution in [0.5, 0.6) is 0 Å². The SMILES string of the molecule is COC(=O)c1ccc(Nc2cnnc(Nc3ccc(Cl)cc3C)n2)cc1. The third-order valence-corrected chi connectivity index (χ3v) is 3.81. The van der Waals surface area contributed by atoms with Gasteiger partial charge >= 0.3 is 5.97 Å². The summed E-state index contributed by atoms with van der Waals surface area (Å²) >= 11 is 5.97. The van der Waals surface area contributed by atoms with E-state index in [1.54, 1.807) is 30.3 Å². The van der Waals surface area contributed by atoms with E-state index in [0.717, 1.165) is 16.9 Å². The van der Waals surface area contributed by atoms with Crippen LogP contribution in [-0.4, -0.2) is 28.3 Å². The predicted molar refractivity (Wildman–Crippen MR) is 100 cm³/mol. The Labute approximate surface area is 155 Å². The Morgan fingerprint density at radius 3 is 2.58 bits per heavy atom. The number of methoxy groups -OCH3 is 1. The first-order valence-electron chi connectivity index (χ1n) is 7.73. The highest BCUT2D eigenvalue weighted by molar-refractivity contribution is 6.30. The number of carbonyl (C=O) groups excluding carboxylic acids is 1. The Morgan fingerprint density at radius 1 is 1.12 bits per heavy atom. The van der Waals surface area contributed by atoms with Crippen LogP contribution in [0.4, 0.5) is 23.1 Å². The van der Waals surface area contributed by atoms with Gasteiger partial charge in [-0.25, -0.2) is 4.79 Å². The Balaban J connectivity index is 1.74. The molecule has 0 saturated heterocycles. The minimum atomic E-state index is -0.384. The molecule has 0 spiro atoms. The number of halogens is 1. The summed E-state index contributed by atoms with van der Waals surface area (Å²) in [5.41, 5.74) is 3.04. The number of anilines is 4. The van der Waals surface area contributed by atoms with Crippen LogP contribution in [0.15, 0.2) is 48.7 Å². The molecule has 26 heavy (non-hydrogen) atoms. The van der Waals surface area contributed by atoms with Gasteiger partial charge in [0.1, 0.15) is 0 Å². The lowest BCUT2D eigenvalue weighted by Gasteiger charge is -2.10. The van der Waals surface area contributed by atoms with E-state index in [0.29, 0.717) is 22.4 Å². The molecule has 2 aromatic carbocycles. The minimum Gasteiger partial charge on any atom is -0.465 e. The lowest BCUT2D eigenvalue weighted by Crippen LogP contribution is -2.04. The van der Waals surface area contributed by atoms with Crippen molar-refractivity contribution < 1.29 is 9.53 Å². The third-order valence-electron chi connectivity index (χ3n) is 3.57. The molecule has 0 amide bonds. The maximum atomic E-state index is 11.5. The van der Waals surface area contributed by atoms with Gasteiger partial charge in [-0.05, 0) is 55.0 Å². The number of rotatable bonds is 5. The molecule has 0 aliphatic carbocycles. The van der Waals surface area contributed by atoms with Gasteiger partial charge in [0.2, 0.25) is 5.95 Å². The number of hydrogen-bond donors (Lipinski definition) is 2. The van der Waals surface area contributed by atoms with Crippen molar-refractivity contribution in [1.29, 1.82) is 0 Å². The van der Waals surface area contributed by atoms with Gasteiger partial charge in [-0.15, -0.1) is 5.10 Å². The monoisotopic (exact) mass is 369 g/mol. The van der Waals surface area contributed by atoms with E-state index < -0.39 is 0 Å². The standard InChI is InChI=1S/C18H16ClN5O2/c1-11-9-13(19)5-8-15(11)22-18-23-16(10-20-24-18)21-14-6-3-12(4-7-14)17(25)26-2/h3-10H,1-2H3,(H2,21,22,23,24). The molecule has 0 saturated carbocycles. The van der Waals surface area contributed by atoms with Crippen LogP contribution < -0.4 is 10.6 Å². The number of ether oxygens (including phenoxy) is 1. The van der Waals surface area contributed by atoms with Gasteiger partial charge in [-0.3, -0.25) is 0 Å². The molecule has 0 fully saturated rings. The lowest BCUT2D eigenvalue weighted by molar-refractivity contribution is 0.0601. The largest absolute Gasteiger partial charge is 0.465 e. The van der Waals surface area contributed by atoms with Crippen LogP contribution in [0.3, 0.4) is 0 Å². The average Bonchev–Trinajstić information content (AvgIpc) is 2.64. The fourth-order valence-electron chi connectivity index (χ4n) is 2.26. The van der Waals surface area contributed by atoms with Crippen molar-refractivity contribution in [1.82, 2.24) is 15.2 Å². The van der Waals surface area contributed by atoms with Crippen molar-refractivity contribution in [3.63, 3.8) is 0 Å². The Kier molecular flexibility index (Phi) is 5.28. The highest BCUT2D eigenvalue weighted by Crippen LogP contribution is 2.22. The van der Waals surface area contributed by atoms with Crippen molar-refractivity contribution in [2.75, 3.05) is 17.7 Å². The zero-order valence-electron chi connectivity index (χ0n) is 14.2. The van der Waals surface area contributed by atoms with Gasteiger partial charge in [0.05, 0.1) is 18.9 Å². The molecule has 8 heteroatoms. The second-order valence-electron chi connectivity index (χ2n) is 5.44. The molecule has 0 radical (unpaired) electrons. The van der Waals surface area contributed by atoms with Crippen LogP contribution >= 0.6 is 11.6 Å². The zero-order valence-corrected chi connectivity index (χ0v) is 14.9. The molecule has 2 N–H and O–H groups in total. The van der Waals surface area contributed by atoms with E-state index in [-0.39, 0.29) is 5.97 Å². The van der Waals surface area contributed by atoms with Crippen molar-refractivity contribution in [3.05, 3.63) is 64.8 Å². The van der Waals surface area contributed by atoms with Gasteiger partial charge in [-0.2, -0.15) is 10.1 Å². The molecule has 0 aliphatic rings. The summed E-state index contributed by atoms with van der Waals surface area (Å²) in [4.78, 5) is 15.8. The summed E-state index contributed by atoms with van der Waals surface area (Å²) in [5, 5.41) is 14.8. The first kappa shape index (κ1) is 17.6.